The van der Waals surface area contributed by atoms with Gasteiger partial charge in [0.15, 0.2) is 5.82 Å². The summed E-state index contributed by atoms with van der Waals surface area (Å²) in [5.74, 6) is -3.11. The number of ether oxygens (including phenoxy) is 1. The van der Waals surface area contributed by atoms with Crippen LogP contribution < -0.4 is 9.62 Å². The molecule has 36 heavy (non-hydrogen) atoms. The number of likely N-dealkylation sites (tertiary alicyclic amines) is 1. The Balaban J connectivity index is 1.96. The average Bonchev–Trinajstić information content (AvgIpc) is 3.35. The van der Waals surface area contributed by atoms with E-state index in [0.29, 0.717) is 0 Å². The molecular weight excluding hydrogens is 500 g/mol. The first-order valence-electron chi connectivity index (χ1n) is 10.9. The van der Waals surface area contributed by atoms with Crippen LogP contribution in [0.15, 0.2) is 29.5 Å². The largest absolute Gasteiger partial charge is 0.450 e. The molecule has 15 heteroatoms. The number of hydrogen-bond donors (Lipinski definition) is 2. The van der Waals surface area contributed by atoms with E-state index in [2.05, 4.69) is 15.3 Å². The predicted molar refractivity (Wildman–Crippen MR) is 127 cm³/mol. The SMILES string of the molecule is CCOC(=O)N1CC(CN=[N+]=[N-])C(N(c2cn(C)c(C(=O)Nc3ccc(F)c(C)c3)c2F)[SH](=O)=O)C1. The summed E-state index contributed by atoms with van der Waals surface area (Å²) in [4.78, 5) is 29.0. The number of halogens is 2. The van der Waals surface area contributed by atoms with Crippen LogP contribution in [0.2, 0.25) is 0 Å². The normalized spacial score (nSPS) is 17.1. The van der Waals surface area contributed by atoms with Crippen LogP contribution in [-0.4, -0.2) is 62.2 Å². The molecule has 2 aromatic rings. The summed E-state index contributed by atoms with van der Waals surface area (Å²) in [6, 6.07) is 2.86. The quantitative estimate of drug-likeness (QED) is 0.235. The van der Waals surface area contributed by atoms with Crippen molar-refractivity contribution in [2.24, 2.45) is 18.1 Å². The predicted octanol–water partition coefficient (Wildman–Crippen LogP) is 2.96. The molecule has 12 nitrogen and oxygen atoms in total. The van der Waals surface area contributed by atoms with Crippen molar-refractivity contribution in [1.29, 1.82) is 0 Å². The molecule has 0 bridgehead atoms. The van der Waals surface area contributed by atoms with Crippen LogP contribution >= 0.6 is 0 Å². The topological polar surface area (TPSA) is 150 Å². The number of aryl methyl sites for hydroxylation is 2. The van der Waals surface area contributed by atoms with Crippen molar-refractivity contribution in [1.82, 2.24) is 9.47 Å². The van der Waals surface area contributed by atoms with Gasteiger partial charge in [0.1, 0.15) is 17.2 Å². The highest BCUT2D eigenvalue weighted by Crippen LogP contribution is 2.32. The van der Waals surface area contributed by atoms with Crippen LogP contribution in [0.25, 0.3) is 10.4 Å². The smallest absolute Gasteiger partial charge is 0.409 e. The van der Waals surface area contributed by atoms with Gasteiger partial charge >= 0.3 is 6.09 Å². The number of hydrogen-bond acceptors (Lipinski definition) is 6. The van der Waals surface area contributed by atoms with Gasteiger partial charge in [-0.05, 0) is 43.1 Å². The number of thiol groups is 1. The number of aromatic nitrogens is 1. The lowest BCUT2D eigenvalue weighted by molar-refractivity contribution is 0.101. The Bertz CT molecular complexity index is 1280. The number of carbonyl (C=O) groups excluding carboxylic acids is 2. The molecule has 2 unspecified atom stereocenters. The molecule has 1 aliphatic rings. The summed E-state index contributed by atoms with van der Waals surface area (Å²) in [6.07, 6.45) is 0.457. The number of rotatable bonds is 8. The number of nitrogens with zero attached hydrogens (tertiary/aromatic N) is 6. The molecule has 1 fully saturated rings. The van der Waals surface area contributed by atoms with E-state index < -0.39 is 57.9 Å². The monoisotopic (exact) mass is 525 g/mol. The van der Waals surface area contributed by atoms with Crippen LogP contribution in [0, 0.1) is 24.5 Å². The third-order valence-electron chi connectivity index (χ3n) is 5.78. The zero-order valence-corrected chi connectivity index (χ0v) is 20.6. The van der Waals surface area contributed by atoms with Gasteiger partial charge in [0, 0.05) is 49.4 Å². The number of carbonyl (C=O) groups is 2. The second-order valence-corrected chi connectivity index (χ2v) is 9.04. The maximum atomic E-state index is 15.6. The van der Waals surface area contributed by atoms with Gasteiger partial charge in [-0.1, -0.05) is 5.11 Å². The lowest BCUT2D eigenvalue weighted by Gasteiger charge is -2.27. The summed E-state index contributed by atoms with van der Waals surface area (Å²) in [6.45, 7) is 2.94. The lowest BCUT2D eigenvalue weighted by atomic mass is 10.0. The van der Waals surface area contributed by atoms with Gasteiger partial charge in [0.05, 0.1) is 12.6 Å². The molecule has 194 valence electrons. The molecule has 2 amide bonds. The Morgan fingerprint density at radius 3 is 2.67 bits per heavy atom. The lowest BCUT2D eigenvalue weighted by Crippen LogP contribution is -2.41. The van der Waals surface area contributed by atoms with Gasteiger partial charge in [0.2, 0.25) is 10.9 Å². The number of amides is 2. The number of benzene rings is 1. The van der Waals surface area contributed by atoms with Crippen LogP contribution in [-0.2, 0) is 22.7 Å². The Labute approximate surface area is 207 Å². The summed E-state index contributed by atoms with van der Waals surface area (Å²) >= 11 is 0. The van der Waals surface area contributed by atoms with E-state index >= 15 is 4.39 Å². The van der Waals surface area contributed by atoms with Gasteiger partial charge in [-0.2, -0.15) is 0 Å². The second-order valence-electron chi connectivity index (χ2n) is 8.13. The van der Waals surface area contributed by atoms with Crippen LogP contribution in [0.1, 0.15) is 23.0 Å². The van der Waals surface area contributed by atoms with Gasteiger partial charge in [-0.25, -0.2) is 22.0 Å². The molecule has 1 saturated heterocycles. The third-order valence-corrected chi connectivity index (χ3v) is 6.65. The highest BCUT2D eigenvalue weighted by atomic mass is 32.2. The Kier molecular flexibility index (Phi) is 8.37. The van der Waals surface area contributed by atoms with Gasteiger partial charge < -0.3 is 19.5 Å². The molecule has 0 spiro atoms. The minimum atomic E-state index is -3.44. The zero-order chi connectivity index (χ0) is 26.6. The zero-order valence-electron chi connectivity index (χ0n) is 19.7. The van der Waals surface area contributed by atoms with Crippen molar-refractivity contribution in [2.75, 3.05) is 35.9 Å². The number of nitrogens with one attached hydrogen (secondary N) is 1. The van der Waals surface area contributed by atoms with E-state index in [9.17, 15) is 22.4 Å². The molecule has 3 rings (SSSR count). The molecule has 2 atom stereocenters. The van der Waals surface area contributed by atoms with E-state index in [1.54, 1.807) is 6.92 Å². The molecular formula is C21H25F2N7O5S. The van der Waals surface area contributed by atoms with E-state index in [4.69, 9.17) is 10.3 Å². The summed E-state index contributed by atoms with van der Waals surface area (Å²) in [5.41, 5.74) is 8.36. The maximum absolute atomic E-state index is 15.6. The van der Waals surface area contributed by atoms with Crippen molar-refractivity contribution >= 4 is 34.3 Å². The van der Waals surface area contributed by atoms with Crippen molar-refractivity contribution < 1.29 is 31.5 Å². The van der Waals surface area contributed by atoms with Gasteiger partial charge in [0.25, 0.3) is 5.91 Å². The summed E-state index contributed by atoms with van der Waals surface area (Å²) in [5, 5.41) is 5.97. The first-order valence-corrected chi connectivity index (χ1v) is 12.0. The van der Waals surface area contributed by atoms with Crippen molar-refractivity contribution in [3.8, 4) is 0 Å². The molecule has 1 N–H and O–H groups in total. The minimum absolute atomic E-state index is 0.0217. The molecule has 1 aliphatic heterocycles. The highest BCUT2D eigenvalue weighted by molar-refractivity contribution is 7.74. The molecule has 0 radical (unpaired) electrons. The fraction of sp³-hybridized carbons (Fsp3) is 0.429. The van der Waals surface area contributed by atoms with E-state index in [-0.39, 0.29) is 37.5 Å². The van der Waals surface area contributed by atoms with Crippen molar-refractivity contribution in [3.05, 3.63) is 57.7 Å². The fourth-order valence-electron chi connectivity index (χ4n) is 4.12. The molecule has 2 heterocycles. The standard InChI is InChI=1S/C21H25F2N7O5S/c1-4-35-21(32)29-9-13(8-25-27-24)16(11-29)30(36(33)34)17-10-28(3)19(18(17)23)20(31)26-14-5-6-15(22)12(2)7-14/h5-7,10,13,16,36H,4,8-9,11H2,1-3H3,(H,26,31). The maximum Gasteiger partial charge on any atom is 0.409 e. The van der Waals surface area contributed by atoms with Crippen molar-refractivity contribution in [2.45, 2.75) is 19.9 Å². The fourth-order valence-corrected chi connectivity index (χ4v) is 4.94. The van der Waals surface area contributed by atoms with Crippen LogP contribution in [0.5, 0.6) is 0 Å². The van der Waals surface area contributed by atoms with Crippen molar-refractivity contribution in [3.63, 3.8) is 0 Å². The molecule has 1 aromatic carbocycles. The highest BCUT2D eigenvalue weighted by Gasteiger charge is 2.42. The first kappa shape index (κ1) is 26.8. The number of azide groups is 1. The van der Waals surface area contributed by atoms with E-state index in [0.717, 1.165) is 21.1 Å². The Morgan fingerprint density at radius 2 is 2.06 bits per heavy atom. The molecule has 0 aliphatic carbocycles. The second kappa shape index (κ2) is 11.3. The van der Waals surface area contributed by atoms with Gasteiger partial charge in [-0.3, -0.25) is 9.10 Å². The Hall–Kier alpha value is -3.84. The molecule has 1 aromatic heterocycles. The molecule has 0 saturated carbocycles. The minimum Gasteiger partial charge on any atom is -0.450 e. The summed E-state index contributed by atoms with van der Waals surface area (Å²) < 4.78 is 60.6. The summed E-state index contributed by atoms with van der Waals surface area (Å²) in [7, 11) is -2.07. The third kappa shape index (κ3) is 5.52. The number of anilines is 2. The Morgan fingerprint density at radius 1 is 1.33 bits per heavy atom. The van der Waals surface area contributed by atoms with E-state index in [1.165, 1.54) is 31.0 Å². The first-order chi connectivity index (χ1) is 17.1. The van der Waals surface area contributed by atoms with Crippen LogP contribution in [0.4, 0.5) is 25.0 Å². The van der Waals surface area contributed by atoms with E-state index in [1.807, 2.05) is 0 Å². The van der Waals surface area contributed by atoms with Crippen LogP contribution in [0.3, 0.4) is 0 Å². The average molecular weight is 526 g/mol. The van der Waals surface area contributed by atoms with Gasteiger partial charge in [-0.15, -0.1) is 0 Å².